The third kappa shape index (κ3) is 5.52. The summed E-state index contributed by atoms with van der Waals surface area (Å²) in [5.41, 5.74) is 6.71. The molecule has 1 N–H and O–H groups in total. The van der Waals surface area contributed by atoms with E-state index in [1.807, 2.05) is 6.92 Å². The van der Waals surface area contributed by atoms with Crippen LogP contribution in [-0.2, 0) is 0 Å². The number of unbranched alkanes of at least 4 members (excludes halogenated alkanes) is 1. The third-order valence-electron chi connectivity index (χ3n) is 0.655. The smallest absolute Gasteiger partial charge is 0.0109 e. The largest absolute Gasteiger partial charge is 0.258 e. The first-order valence-corrected chi connectivity index (χ1v) is 2.46. The highest BCUT2D eigenvalue weighted by Crippen LogP contribution is 1.80. The Labute approximate surface area is 44.9 Å². The maximum Gasteiger partial charge on any atom is 0.0109 e. The molecule has 1 heteroatoms. The van der Waals surface area contributed by atoms with E-state index in [2.05, 4.69) is 11.8 Å². The summed E-state index contributed by atoms with van der Waals surface area (Å²) in [6, 6.07) is 0. The first kappa shape index (κ1) is 6.52. The fourth-order valence-corrected chi connectivity index (χ4v) is 0.302. The molecule has 0 aromatic rings. The van der Waals surface area contributed by atoms with Gasteiger partial charge in [0.15, 0.2) is 0 Å². The Morgan fingerprint density at radius 3 is 2.71 bits per heavy atom. The predicted molar refractivity (Wildman–Crippen MR) is 30.6 cm³/mol. The van der Waals surface area contributed by atoms with Gasteiger partial charge in [0.2, 0.25) is 0 Å². The van der Waals surface area contributed by atoms with E-state index >= 15 is 0 Å². The predicted octanol–water partition coefficient (Wildman–Crippen LogP) is 1.07. The molecule has 0 aliphatic carbocycles. The molecule has 0 aromatic carbocycles. The van der Waals surface area contributed by atoms with Crippen LogP contribution >= 0.6 is 0 Å². The second kappa shape index (κ2) is 5.52. The monoisotopic (exact) mass is 96.1 g/mol. The zero-order chi connectivity index (χ0) is 5.54. The van der Waals surface area contributed by atoms with Crippen LogP contribution in [0.4, 0.5) is 0 Å². The van der Waals surface area contributed by atoms with Crippen molar-refractivity contribution in [1.82, 2.24) is 5.73 Å². The minimum Gasteiger partial charge on any atom is -0.258 e. The molecule has 0 spiro atoms. The molecule has 0 aliphatic rings. The zero-order valence-corrected chi connectivity index (χ0v) is 4.62. The van der Waals surface area contributed by atoms with Crippen LogP contribution < -0.4 is 5.73 Å². The number of hydrogen-bond donors (Lipinski definition) is 0. The SMILES string of the molecule is CC#CCCC[NH]. The third-order valence-corrected chi connectivity index (χ3v) is 0.655. The molecule has 0 heterocycles. The number of hydrogen-bond acceptors (Lipinski definition) is 0. The fourth-order valence-electron chi connectivity index (χ4n) is 0.302. The van der Waals surface area contributed by atoms with E-state index in [0.717, 1.165) is 12.8 Å². The second-order valence-corrected chi connectivity index (χ2v) is 1.28. The van der Waals surface area contributed by atoms with E-state index in [0.29, 0.717) is 6.54 Å². The van der Waals surface area contributed by atoms with Gasteiger partial charge in [-0.25, -0.2) is 0 Å². The lowest BCUT2D eigenvalue weighted by Gasteiger charge is -1.80. The molecule has 0 saturated heterocycles. The summed E-state index contributed by atoms with van der Waals surface area (Å²) < 4.78 is 0. The Bertz CT molecular complexity index is 75.9. The number of rotatable bonds is 2. The quantitative estimate of drug-likeness (QED) is 0.363. The highest BCUT2D eigenvalue weighted by atomic mass is 14.5. The van der Waals surface area contributed by atoms with Crippen molar-refractivity contribution in [3.63, 3.8) is 0 Å². The van der Waals surface area contributed by atoms with Crippen molar-refractivity contribution in [2.45, 2.75) is 19.8 Å². The van der Waals surface area contributed by atoms with Gasteiger partial charge >= 0.3 is 0 Å². The molecule has 7 heavy (non-hydrogen) atoms. The van der Waals surface area contributed by atoms with Crippen LogP contribution in [0.2, 0.25) is 0 Å². The molecule has 0 fully saturated rings. The average molecular weight is 96.2 g/mol. The van der Waals surface area contributed by atoms with Crippen LogP contribution in [0.5, 0.6) is 0 Å². The van der Waals surface area contributed by atoms with E-state index in [-0.39, 0.29) is 0 Å². The molecule has 0 saturated carbocycles. The van der Waals surface area contributed by atoms with Crippen molar-refractivity contribution < 1.29 is 0 Å². The summed E-state index contributed by atoms with van der Waals surface area (Å²) in [5, 5.41) is 0. The Morgan fingerprint density at radius 1 is 1.57 bits per heavy atom. The van der Waals surface area contributed by atoms with E-state index < -0.39 is 0 Å². The topological polar surface area (TPSA) is 23.8 Å². The normalized spacial score (nSPS) is 7.14. The summed E-state index contributed by atoms with van der Waals surface area (Å²) in [6.07, 6.45) is 1.81. The molecule has 0 aromatic heterocycles. The second-order valence-electron chi connectivity index (χ2n) is 1.28. The van der Waals surface area contributed by atoms with Crippen molar-refractivity contribution >= 4 is 0 Å². The van der Waals surface area contributed by atoms with E-state index in [9.17, 15) is 0 Å². The lowest BCUT2D eigenvalue weighted by Crippen LogP contribution is -1.80. The average Bonchev–Trinajstić information content (AvgIpc) is 1.69. The molecule has 1 nitrogen and oxygen atoms in total. The Balaban J connectivity index is 2.78. The van der Waals surface area contributed by atoms with E-state index in [1.54, 1.807) is 0 Å². The van der Waals surface area contributed by atoms with E-state index in [4.69, 9.17) is 5.73 Å². The minimum atomic E-state index is 0.509. The standard InChI is InChI=1S/C6H10N/c1-2-3-4-5-6-7/h7H,4-6H2,1H3. The van der Waals surface area contributed by atoms with Gasteiger partial charge in [-0.1, -0.05) is 0 Å². The van der Waals surface area contributed by atoms with E-state index in [1.165, 1.54) is 0 Å². The van der Waals surface area contributed by atoms with Crippen LogP contribution in [0.15, 0.2) is 0 Å². The lowest BCUT2D eigenvalue weighted by molar-refractivity contribution is 0.850. The highest BCUT2D eigenvalue weighted by Gasteiger charge is 1.73. The summed E-state index contributed by atoms with van der Waals surface area (Å²) in [7, 11) is 0. The molecule has 0 amide bonds. The maximum absolute atomic E-state index is 6.71. The first-order chi connectivity index (χ1) is 3.41. The molecule has 0 unspecified atom stereocenters. The van der Waals surface area contributed by atoms with Crippen molar-refractivity contribution in [3.8, 4) is 11.8 Å². The molecular weight excluding hydrogens is 86.1 g/mol. The summed E-state index contributed by atoms with van der Waals surface area (Å²) in [4.78, 5) is 0. The fraction of sp³-hybridized carbons (Fsp3) is 0.667. The maximum atomic E-state index is 6.71. The Hall–Kier alpha value is -0.480. The van der Waals surface area contributed by atoms with Gasteiger partial charge in [0, 0.05) is 13.0 Å². The Morgan fingerprint density at radius 2 is 2.29 bits per heavy atom. The molecular formula is C6H10N. The van der Waals surface area contributed by atoms with Crippen molar-refractivity contribution in [2.24, 2.45) is 0 Å². The molecule has 1 radical (unpaired) electrons. The molecule has 0 rings (SSSR count). The van der Waals surface area contributed by atoms with Crippen LogP contribution in [0, 0.1) is 11.8 Å². The van der Waals surface area contributed by atoms with Gasteiger partial charge in [0.1, 0.15) is 0 Å². The molecule has 0 atom stereocenters. The van der Waals surface area contributed by atoms with Gasteiger partial charge in [0.05, 0.1) is 0 Å². The summed E-state index contributed by atoms with van der Waals surface area (Å²) >= 11 is 0. The molecule has 0 aliphatic heterocycles. The van der Waals surface area contributed by atoms with Gasteiger partial charge < -0.3 is 0 Å². The van der Waals surface area contributed by atoms with Gasteiger partial charge in [-0.3, -0.25) is 5.73 Å². The van der Waals surface area contributed by atoms with Crippen molar-refractivity contribution in [3.05, 3.63) is 0 Å². The molecule has 39 valence electrons. The van der Waals surface area contributed by atoms with Crippen LogP contribution in [0.3, 0.4) is 0 Å². The summed E-state index contributed by atoms with van der Waals surface area (Å²) in [6.45, 7) is 2.33. The van der Waals surface area contributed by atoms with Crippen molar-refractivity contribution in [2.75, 3.05) is 6.54 Å². The van der Waals surface area contributed by atoms with Gasteiger partial charge in [-0.2, -0.15) is 0 Å². The van der Waals surface area contributed by atoms with Crippen LogP contribution in [0.1, 0.15) is 19.8 Å². The molecule has 0 bridgehead atoms. The number of nitrogens with one attached hydrogen (secondary N) is 1. The first-order valence-electron chi connectivity index (χ1n) is 2.46. The minimum absolute atomic E-state index is 0.509. The van der Waals surface area contributed by atoms with Crippen molar-refractivity contribution in [1.29, 1.82) is 0 Å². The van der Waals surface area contributed by atoms with Gasteiger partial charge in [-0.15, -0.1) is 11.8 Å². The van der Waals surface area contributed by atoms with Gasteiger partial charge in [-0.05, 0) is 13.3 Å². The van der Waals surface area contributed by atoms with Gasteiger partial charge in [0.25, 0.3) is 0 Å². The Kier molecular flexibility index (Phi) is 5.14. The van der Waals surface area contributed by atoms with Crippen LogP contribution in [-0.4, -0.2) is 6.54 Å². The summed E-state index contributed by atoms with van der Waals surface area (Å²) in [5.74, 6) is 5.65. The lowest BCUT2D eigenvalue weighted by atomic mass is 10.3. The highest BCUT2D eigenvalue weighted by molar-refractivity contribution is 4.94. The van der Waals surface area contributed by atoms with Crippen LogP contribution in [0.25, 0.3) is 0 Å². The zero-order valence-electron chi connectivity index (χ0n) is 4.62.